The van der Waals surface area contributed by atoms with Gasteiger partial charge in [0, 0.05) is 41.1 Å². The lowest BCUT2D eigenvalue weighted by Crippen LogP contribution is -2.36. The lowest BCUT2D eigenvalue weighted by atomic mass is 10.1. The number of hydrogen-bond donors (Lipinski definition) is 1. The quantitative estimate of drug-likeness (QED) is 0.357. The third-order valence-corrected chi connectivity index (χ3v) is 6.18. The number of ether oxygens (including phenoxy) is 1. The van der Waals surface area contributed by atoms with E-state index in [1.807, 2.05) is 12.4 Å². The van der Waals surface area contributed by atoms with Gasteiger partial charge in [-0.3, -0.25) is 4.98 Å². The number of nitrogens with one attached hydrogen (secondary N) is 1. The highest BCUT2D eigenvalue weighted by Gasteiger charge is 2.12. The van der Waals surface area contributed by atoms with Crippen molar-refractivity contribution in [1.29, 1.82) is 0 Å². The molecule has 0 unspecified atom stereocenters. The van der Waals surface area contributed by atoms with Crippen LogP contribution in [0.4, 0.5) is 5.69 Å². The van der Waals surface area contributed by atoms with E-state index in [1.54, 1.807) is 0 Å². The molecule has 1 fully saturated rings. The average Bonchev–Trinajstić information content (AvgIpc) is 3.22. The Morgan fingerprint density at radius 1 is 1.00 bits per heavy atom. The van der Waals surface area contributed by atoms with Crippen molar-refractivity contribution in [3.05, 3.63) is 60.4 Å². The van der Waals surface area contributed by atoms with E-state index in [4.69, 9.17) is 9.72 Å². The minimum atomic E-state index is 0.781. The highest BCUT2D eigenvalue weighted by atomic mass is 16.5. The van der Waals surface area contributed by atoms with E-state index in [1.165, 1.54) is 24.6 Å². The third kappa shape index (κ3) is 4.39. The second kappa shape index (κ2) is 9.53. The van der Waals surface area contributed by atoms with Crippen molar-refractivity contribution >= 4 is 33.7 Å². The van der Waals surface area contributed by atoms with E-state index in [0.717, 1.165) is 71.8 Å². The van der Waals surface area contributed by atoms with Crippen LogP contribution in [-0.2, 0) is 4.74 Å². The second-order valence-electron chi connectivity index (χ2n) is 8.45. The second-order valence-corrected chi connectivity index (χ2v) is 8.45. The number of rotatable bonds is 7. The number of morpholine rings is 1. The predicted molar refractivity (Wildman–Crippen MR) is 133 cm³/mol. The zero-order chi connectivity index (χ0) is 21.8. The maximum Gasteiger partial charge on any atom is 0.138 e. The van der Waals surface area contributed by atoms with Crippen molar-refractivity contribution in [2.75, 3.05) is 31.2 Å². The summed E-state index contributed by atoms with van der Waals surface area (Å²) in [5.74, 6) is 0. The van der Waals surface area contributed by atoms with Gasteiger partial charge in [0.1, 0.15) is 5.65 Å². The molecule has 1 saturated heterocycles. The van der Waals surface area contributed by atoms with Crippen LogP contribution in [0.2, 0.25) is 0 Å². The first kappa shape index (κ1) is 20.7. The molecule has 3 aromatic heterocycles. The Balaban J connectivity index is 1.42. The summed E-state index contributed by atoms with van der Waals surface area (Å²) in [5.41, 5.74) is 6.44. The SMILES string of the molecule is CCCCC/C=C/c1cnc2[nH]c3ccc(-c4ccc(N5CCOCC5)cn4)cc3c2c1. The number of hydrogen-bond acceptors (Lipinski definition) is 4. The molecule has 0 amide bonds. The fourth-order valence-electron chi connectivity index (χ4n) is 4.34. The number of nitrogens with zero attached hydrogens (tertiary/aromatic N) is 3. The molecule has 4 heterocycles. The maximum atomic E-state index is 5.45. The number of aromatic nitrogens is 3. The molecule has 1 aromatic carbocycles. The largest absolute Gasteiger partial charge is 0.378 e. The van der Waals surface area contributed by atoms with Gasteiger partial charge in [-0.2, -0.15) is 0 Å². The highest BCUT2D eigenvalue weighted by Crippen LogP contribution is 2.30. The van der Waals surface area contributed by atoms with Crippen LogP contribution in [0.1, 0.15) is 38.2 Å². The van der Waals surface area contributed by atoms with Crippen LogP contribution in [0.5, 0.6) is 0 Å². The van der Waals surface area contributed by atoms with Gasteiger partial charge in [0.15, 0.2) is 0 Å². The third-order valence-electron chi connectivity index (χ3n) is 6.18. The van der Waals surface area contributed by atoms with Crippen LogP contribution in [0, 0.1) is 0 Å². The molecule has 32 heavy (non-hydrogen) atoms. The molecule has 164 valence electrons. The molecular formula is C27H30N4O. The van der Waals surface area contributed by atoms with Crippen LogP contribution in [0.3, 0.4) is 0 Å². The smallest absolute Gasteiger partial charge is 0.138 e. The molecule has 5 heteroatoms. The number of fused-ring (bicyclic) bond motifs is 3. The van der Waals surface area contributed by atoms with E-state index in [0.29, 0.717) is 0 Å². The summed E-state index contributed by atoms with van der Waals surface area (Å²) >= 11 is 0. The number of anilines is 1. The lowest BCUT2D eigenvalue weighted by molar-refractivity contribution is 0.122. The minimum absolute atomic E-state index is 0.781. The van der Waals surface area contributed by atoms with Crippen LogP contribution in [-0.4, -0.2) is 41.3 Å². The van der Waals surface area contributed by atoms with Crippen LogP contribution < -0.4 is 4.90 Å². The molecular weight excluding hydrogens is 396 g/mol. The van der Waals surface area contributed by atoms with Gasteiger partial charge in [-0.05, 0) is 48.7 Å². The van der Waals surface area contributed by atoms with Gasteiger partial charge >= 0.3 is 0 Å². The first-order chi connectivity index (χ1) is 15.8. The Hall–Kier alpha value is -3.18. The van der Waals surface area contributed by atoms with Crippen LogP contribution in [0.15, 0.2) is 54.9 Å². The van der Waals surface area contributed by atoms with Gasteiger partial charge in [0.25, 0.3) is 0 Å². The Morgan fingerprint density at radius 3 is 2.72 bits per heavy atom. The van der Waals surface area contributed by atoms with E-state index in [2.05, 4.69) is 70.3 Å². The Morgan fingerprint density at radius 2 is 1.91 bits per heavy atom. The number of pyridine rings is 2. The number of aromatic amines is 1. The molecule has 0 radical (unpaired) electrons. The number of benzene rings is 1. The number of H-pyrrole nitrogens is 1. The molecule has 5 nitrogen and oxygen atoms in total. The molecule has 0 atom stereocenters. The van der Waals surface area contributed by atoms with Crippen LogP contribution in [0.25, 0.3) is 39.3 Å². The molecule has 1 aliphatic heterocycles. The molecule has 5 rings (SSSR count). The standard InChI is InChI=1S/C27H30N4O/c1-2-3-4-5-6-7-20-16-24-23-17-21(8-10-26(23)30-27(24)29-18-20)25-11-9-22(19-28-25)31-12-14-32-15-13-31/h6-11,16-19H,2-5,12-15H2,1H3,(H,29,30)/b7-6+. The Labute approximate surface area is 189 Å². The van der Waals surface area contributed by atoms with E-state index in [9.17, 15) is 0 Å². The van der Waals surface area contributed by atoms with Crippen molar-refractivity contribution in [2.24, 2.45) is 0 Å². The fraction of sp³-hybridized carbons (Fsp3) is 0.333. The van der Waals surface area contributed by atoms with Crippen molar-refractivity contribution in [3.8, 4) is 11.3 Å². The van der Waals surface area contributed by atoms with E-state index >= 15 is 0 Å². The topological polar surface area (TPSA) is 54.0 Å². The average molecular weight is 427 g/mol. The van der Waals surface area contributed by atoms with E-state index < -0.39 is 0 Å². The normalized spacial score (nSPS) is 14.7. The van der Waals surface area contributed by atoms with Gasteiger partial charge in [-0.1, -0.05) is 38.0 Å². The van der Waals surface area contributed by atoms with Gasteiger partial charge < -0.3 is 14.6 Å². The van der Waals surface area contributed by atoms with Gasteiger partial charge in [-0.15, -0.1) is 0 Å². The molecule has 0 bridgehead atoms. The zero-order valence-electron chi connectivity index (χ0n) is 18.7. The monoisotopic (exact) mass is 426 g/mol. The lowest BCUT2D eigenvalue weighted by Gasteiger charge is -2.28. The Kier molecular flexibility index (Phi) is 6.17. The zero-order valence-corrected chi connectivity index (χ0v) is 18.7. The summed E-state index contributed by atoms with van der Waals surface area (Å²) in [4.78, 5) is 15.2. The first-order valence-electron chi connectivity index (χ1n) is 11.7. The molecule has 4 aromatic rings. The van der Waals surface area contributed by atoms with E-state index in [-0.39, 0.29) is 0 Å². The summed E-state index contributed by atoms with van der Waals surface area (Å²) in [7, 11) is 0. The molecule has 1 aliphatic rings. The predicted octanol–water partition coefficient (Wildman–Crippen LogP) is 6.21. The van der Waals surface area contributed by atoms with Gasteiger partial charge in [0.2, 0.25) is 0 Å². The summed E-state index contributed by atoms with van der Waals surface area (Å²) in [6, 6.07) is 13.0. The first-order valence-corrected chi connectivity index (χ1v) is 11.7. The van der Waals surface area contributed by atoms with Crippen LogP contribution >= 0.6 is 0 Å². The van der Waals surface area contributed by atoms with Gasteiger partial charge in [0.05, 0.1) is 30.8 Å². The maximum absolute atomic E-state index is 5.45. The number of unbranched alkanes of at least 4 members (excludes halogenated alkanes) is 3. The van der Waals surface area contributed by atoms with Crippen molar-refractivity contribution < 1.29 is 4.74 Å². The summed E-state index contributed by atoms with van der Waals surface area (Å²) in [5, 5.41) is 2.34. The summed E-state index contributed by atoms with van der Waals surface area (Å²) in [6.45, 7) is 5.64. The molecule has 0 saturated carbocycles. The number of allylic oxidation sites excluding steroid dienone is 1. The summed E-state index contributed by atoms with van der Waals surface area (Å²) < 4.78 is 5.45. The minimum Gasteiger partial charge on any atom is -0.378 e. The fourth-order valence-corrected chi connectivity index (χ4v) is 4.34. The highest BCUT2D eigenvalue weighted by molar-refractivity contribution is 6.07. The van der Waals surface area contributed by atoms with Crippen molar-refractivity contribution in [2.45, 2.75) is 32.6 Å². The van der Waals surface area contributed by atoms with Crippen molar-refractivity contribution in [1.82, 2.24) is 15.0 Å². The van der Waals surface area contributed by atoms with Crippen molar-refractivity contribution in [3.63, 3.8) is 0 Å². The summed E-state index contributed by atoms with van der Waals surface area (Å²) in [6.07, 6.45) is 13.3. The van der Waals surface area contributed by atoms with Gasteiger partial charge in [-0.25, -0.2) is 4.98 Å². The molecule has 0 aliphatic carbocycles. The Bertz CT molecular complexity index is 1220. The molecule has 1 N–H and O–H groups in total. The molecule has 0 spiro atoms.